The van der Waals surface area contributed by atoms with Gasteiger partial charge >= 0.3 is 0 Å². The van der Waals surface area contributed by atoms with Crippen LogP contribution in [0.3, 0.4) is 0 Å². The van der Waals surface area contributed by atoms with Crippen molar-refractivity contribution in [2.45, 2.75) is 6.92 Å². The molecule has 1 saturated heterocycles. The lowest BCUT2D eigenvalue weighted by Crippen LogP contribution is -2.37. The highest BCUT2D eigenvalue weighted by molar-refractivity contribution is 8.18. The van der Waals surface area contributed by atoms with E-state index >= 15 is 0 Å². The van der Waals surface area contributed by atoms with Crippen molar-refractivity contribution in [1.29, 1.82) is 0 Å². The normalized spacial score (nSPS) is 14.9. The number of aryl methyl sites for hydroxylation is 1. The molecule has 162 valence electrons. The topological polar surface area (TPSA) is 110 Å². The molecule has 3 aromatic rings. The van der Waals surface area contributed by atoms with Crippen LogP contribution in [0, 0.1) is 12.7 Å². The molecule has 1 aromatic heterocycles. The zero-order valence-electron chi connectivity index (χ0n) is 16.9. The summed E-state index contributed by atoms with van der Waals surface area (Å²) >= 11 is 0.812. The van der Waals surface area contributed by atoms with Gasteiger partial charge in [0.25, 0.3) is 17.1 Å². The smallest absolute Gasteiger partial charge is 0.293 e. The van der Waals surface area contributed by atoms with E-state index in [1.54, 1.807) is 18.2 Å². The first-order valence-corrected chi connectivity index (χ1v) is 10.4. The van der Waals surface area contributed by atoms with E-state index < -0.39 is 11.1 Å². The number of carbonyl (C=O) groups is 3. The number of halogens is 1. The summed E-state index contributed by atoms with van der Waals surface area (Å²) in [6.07, 6.45) is 3.00. The fraction of sp³-hybridized carbons (Fsp3) is 0.143. The van der Waals surface area contributed by atoms with Gasteiger partial charge in [-0.2, -0.15) is 0 Å². The zero-order valence-corrected chi connectivity index (χ0v) is 17.7. The minimum Gasteiger partial charge on any atom is -0.350 e. The van der Waals surface area contributed by atoms with Crippen LogP contribution in [-0.4, -0.2) is 55.3 Å². The molecule has 1 N–H and O–H groups in total. The van der Waals surface area contributed by atoms with Crippen molar-refractivity contribution in [2.24, 2.45) is 0 Å². The maximum absolute atomic E-state index is 13.0. The van der Waals surface area contributed by atoms with Crippen LogP contribution in [0.25, 0.3) is 11.8 Å². The molecule has 2 heterocycles. The monoisotopic (exact) mass is 452 g/mol. The van der Waals surface area contributed by atoms with Gasteiger partial charge in [-0.1, -0.05) is 12.1 Å². The van der Waals surface area contributed by atoms with E-state index in [0.29, 0.717) is 11.1 Å². The Morgan fingerprint density at radius 1 is 1.19 bits per heavy atom. The lowest BCUT2D eigenvalue weighted by atomic mass is 10.1. The summed E-state index contributed by atoms with van der Waals surface area (Å²) in [7, 11) is 0. The summed E-state index contributed by atoms with van der Waals surface area (Å²) in [5, 5.41) is 13.3. The van der Waals surface area contributed by atoms with Crippen molar-refractivity contribution in [3.05, 3.63) is 76.2 Å². The first-order valence-electron chi connectivity index (χ1n) is 9.55. The zero-order chi connectivity index (χ0) is 22.7. The Morgan fingerprint density at radius 3 is 2.66 bits per heavy atom. The number of rotatable bonds is 6. The highest BCUT2D eigenvalue weighted by atomic mass is 32.2. The fourth-order valence-electron chi connectivity index (χ4n) is 3.11. The molecule has 1 aliphatic heterocycles. The summed E-state index contributed by atoms with van der Waals surface area (Å²) < 4.78 is 14.5. The third-order valence-electron chi connectivity index (χ3n) is 4.72. The number of tetrazole rings is 1. The van der Waals surface area contributed by atoms with Crippen LogP contribution in [0.15, 0.2) is 53.7 Å². The Hall–Kier alpha value is -3.86. The van der Waals surface area contributed by atoms with Gasteiger partial charge in [-0.15, -0.1) is 5.10 Å². The Bertz CT molecular complexity index is 1210. The number of aromatic nitrogens is 4. The molecule has 32 heavy (non-hydrogen) atoms. The summed E-state index contributed by atoms with van der Waals surface area (Å²) in [5.74, 6) is -1.16. The molecule has 0 atom stereocenters. The van der Waals surface area contributed by atoms with E-state index in [-0.39, 0.29) is 29.7 Å². The molecule has 11 heteroatoms. The molecule has 2 aromatic carbocycles. The van der Waals surface area contributed by atoms with Crippen LogP contribution in [0.1, 0.15) is 21.5 Å². The number of carbonyl (C=O) groups excluding carboxylic acids is 3. The largest absolute Gasteiger partial charge is 0.350 e. The maximum atomic E-state index is 13.0. The van der Waals surface area contributed by atoms with E-state index in [1.165, 1.54) is 41.4 Å². The molecule has 0 radical (unpaired) electrons. The van der Waals surface area contributed by atoms with Gasteiger partial charge in [0.05, 0.1) is 10.6 Å². The Balaban J connectivity index is 1.35. The summed E-state index contributed by atoms with van der Waals surface area (Å²) in [4.78, 5) is 38.6. The van der Waals surface area contributed by atoms with Gasteiger partial charge in [-0.25, -0.2) is 9.07 Å². The Labute approximate surface area is 186 Å². The number of hydrogen-bond acceptors (Lipinski definition) is 7. The number of nitrogens with one attached hydrogen (secondary N) is 1. The highest BCUT2D eigenvalue weighted by Gasteiger charge is 2.34. The Kier molecular flexibility index (Phi) is 6.08. The van der Waals surface area contributed by atoms with Crippen LogP contribution in [-0.2, 0) is 4.79 Å². The summed E-state index contributed by atoms with van der Waals surface area (Å²) in [6, 6.07) is 10.7. The molecular formula is C21H17FN6O3S. The average molecular weight is 452 g/mol. The number of imide groups is 1. The van der Waals surface area contributed by atoms with Crippen molar-refractivity contribution in [1.82, 2.24) is 30.4 Å². The number of benzene rings is 2. The van der Waals surface area contributed by atoms with Gasteiger partial charge in [0, 0.05) is 18.7 Å². The van der Waals surface area contributed by atoms with Gasteiger partial charge in [0.15, 0.2) is 0 Å². The van der Waals surface area contributed by atoms with Crippen LogP contribution in [0.4, 0.5) is 9.18 Å². The maximum Gasteiger partial charge on any atom is 0.293 e. The quantitative estimate of drug-likeness (QED) is 0.573. The SMILES string of the molecule is Cc1cc(C(=O)NCCN2C(=O)S/C(=C\c3ccc(F)cc3)C2=O)ccc1-n1cnnn1. The first kappa shape index (κ1) is 21.4. The van der Waals surface area contributed by atoms with Gasteiger partial charge in [-0.3, -0.25) is 19.3 Å². The lowest BCUT2D eigenvalue weighted by Gasteiger charge is -2.13. The molecular weight excluding hydrogens is 435 g/mol. The molecule has 3 amide bonds. The molecule has 1 fully saturated rings. The molecule has 4 rings (SSSR count). The molecule has 1 aliphatic rings. The second-order valence-electron chi connectivity index (χ2n) is 6.90. The number of nitrogens with zero attached hydrogens (tertiary/aromatic N) is 5. The predicted octanol–water partition coefficient (Wildman–Crippen LogP) is 2.58. The summed E-state index contributed by atoms with van der Waals surface area (Å²) in [6.45, 7) is 1.98. The first-order chi connectivity index (χ1) is 15.4. The summed E-state index contributed by atoms with van der Waals surface area (Å²) in [5.41, 5.74) is 2.61. The number of thioether (sulfide) groups is 1. The van der Waals surface area contributed by atoms with Crippen molar-refractivity contribution in [2.75, 3.05) is 13.1 Å². The average Bonchev–Trinajstić information content (AvgIpc) is 3.39. The van der Waals surface area contributed by atoms with E-state index in [4.69, 9.17) is 0 Å². The minimum absolute atomic E-state index is 0.0405. The molecule has 0 aliphatic carbocycles. The molecule has 9 nitrogen and oxygen atoms in total. The van der Waals surface area contributed by atoms with Crippen LogP contribution in [0.2, 0.25) is 0 Å². The van der Waals surface area contributed by atoms with Crippen LogP contribution in [0.5, 0.6) is 0 Å². The van der Waals surface area contributed by atoms with Crippen molar-refractivity contribution in [3.8, 4) is 5.69 Å². The van der Waals surface area contributed by atoms with Crippen LogP contribution >= 0.6 is 11.8 Å². The molecule has 0 bridgehead atoms. The van der Waals surface area contributed by atoms with E-state index in [9.17, 15) is 18.8 Å². The minimum atomic E-state index is -0.444. The van der Waals surface area contributed by atoms with E-state index in [1.807, 2.05) is 6.92 Å². The predicted molar refractivity (Wildman–Crippen MR) is 115 cm³/mol. The van der Waals surface area contributed by atoms with Crippen molar-refractivity contribution >= 4 is 34.9 Å². The highest BCUT2D eigenvalue weighted by Crippen LogP contribution is 2.31. The molecule has 0 unspecified atom stereocenters. The van der Waals surface area contributed by atoms with Gasteiger partial charge in [0.2, 0.25) is 0 Å². The van der Waals surface area contributed by atoms with Crippen molar-refractivity contribution < 1.29 is 18.8 Å². The fourth-order valence-corrected chi connectivity index (χ4v) is 3.98. The second-order valence-corrected chi connectivity index (χ2v) is 7.89. The number of hydrogen-bond donors (Lipinski definition) is 1. The Morgan fingerprint density at radius 2 is 1.97 bits per heavy atom. The third-order valence-corrected chi connectivity index (χ3v) is 5.62. The standard InChI is InChI=1S/C21H17FN6O3S/c1-13-10-15(4-7-17(13)28-12-24-25-26-28)19(29)23-8-9-27-20(30)18(32-21(27)31)11-14-2-5-16(22)6-3-14/h2-7,10-12H,8-9H2,1H3,(H,23,29)/b18-11-. The number of amides is 3. The van der Waals surface area contributed by atoms with Gasteiger partial charge in [0.1, 0.15) is 12.1 Å². The van der Waals surface area contributed by atoms with Gasteiger partial charge in [-0.05, 0) is 76.6 Å². The van der Waals surface area contributed by atoms with E-state index in [2.05, 4.69) is 20.8 Å². The lowest BCUT2D eigenvalue weighted by molar-refractivity contribution is -0.122. The second kappa shape index (κ2) is 9.10. The van der Waals surface area contributed by atoms with Crippen molar-refractivity contribution in [3.63, 3.8) is 0 Å². The molecule has 0 saturated carbocycles. The van der Waals surface area contributed by atoms with Gasteiger partial charge < -0.3 is 5.32 Å². The molecule has 0 spiro atoms. The van der Waals surface area contributed by atoms with Crippen LogP contribution < -0.4 is 5.32 Å². The third kappa shape index (κ3) is 4.57. The van der Waals surface area contributed by atoms with E-state index in [0.717, 1.165) is 27.9 Å².